The van der Waals surface area contributed by atoms with E-state index in [-0.39, 0.29) is 4.90 Å². The molecule has 112 valence electrons. The van der Waals surface area contributed by atoms with Crippen LogP contribution in [0.15, 0.2) is 29.2 Å². The Hall–Kier alpha value is -1.91. The lowest BCUT2D eigenvalue weighted by molar-refractivity contribution is -0.146. The first-order valence-corrected chi connectivity index (χ1v) is 8.04. The number of rotatable bonds is 3. The van der Waals surface area contributed by atoms with Crippen molar-refractivity contribution in [2.45, 2.75) is 30.2 Å². The minimum atomic E-state index is -3.77. The second-order valence-electron chi connectivity index (χ2n) is 4.79. The summed E-state index contributed by atoms with van der Waals surface area (Å²) in [6, 6.07) is 6.83. The quantitative estimate of drug-likeness (QED) is 0.785. The van der Waals surface area contributed by atoms with E-state index in [1.807, 2.05) is 6.07 Å². The minimum absolute atomic E-state index is 0.0808. The second-order valence-corrected chi connectivity index (χ2v) is 6.68. The second kappa shape index (κ2) is 6.24. The molecule has 0 radical (unpaired) electrons. The van der Waals surface area contributed by atoms with Crippen LogP contribution in [0.1, 0.15) is 24.8 Å². The number of hydrogen-bond donors (Lipinski definition) is 0. The summed E-state index contributed by atoms with van der Waals surface area (Å²) in [5.74, 6) is -0.535. The first-order chi connectivity index (χ1) is 10.0. The molecule has 1 aliphatic heterocycles. The number of esters is 1. The molecule has 0 unspecified atom stereocenters. The molecule has 1 atom stereocenters. The van der Waals surface area contributed by atoms with Crippen LogP contribution >= 0.6 is 0 Å². The van der Waals surface area contributed by atoms with Crippen molar-refractivity contribution in [1.29, 1.82) is 5.26 Å². The lowest BCUT2D eigenvalue weighted by atomic mass is 10.1. The zero-order valence-electron chi connectivity index (χ0n) is 11.7. The zero-order chi connectivity index (χ0) is 15.5. The van der Waals surface area contributed by atoms with Crippen LogP contribution in [-0.4, -0.2) is 38.4 Å². The number of sulfonamides is 1. The molecule has 6 nitrogen and oxygen atoms in total. The summed E-state index contributed by atoms with van der Waals surface area (Å²) in [5, 5.41) is 8.76. The van der Waals surface area contributed by atoms with Crippen molar-refractivity contribution in [3.05, 3.63) is 29.8 Å². The third-order valence-corrected chi connectivity index (χ3v) is 5.44. The number of nitriles is 1. The Kier molecular flexibility index (Phi) is 4.60. The Bertz CT molecular complexity index is 661. The molecule has 0 bridgehead atoms. The van der Waals surface area contributed by atoms with Gasteiger partial charge in [0.05, 0.1) is 23.6 Å². The molecule has 0 amide bonds. The Morgan fingerprint density at radius 3 is 2.57 bits per heavy atom. The first kappa shape index (κ1) is 15.5. The van der Waals surface area contributed by atoms with Crippen molar-refractivity contribution in [1.82, 2.24) is 4.31 Å². The van der Waals surface area contributed by atoms with Gasteiger partial charge in [0, 0.05) is 6.54 Å². The molecule has 0 N–H and O–H groups in total. The fourth-order valence-electron chi connectivity index (χ4n) is 2.40. The lowest BCUT2D eigenvalue weighted by Gasteiger charge is -2.32. The van der Waals surface area contributed by atoms with Crippen molar-refractivity contribution in [3.8, 4) is 6.07 Å². The molecule has 1 fully saturated rings. The molecule has 0 saturated carbocycles. The standard InChI is InChI=1S/C14H16N2O4S/c1-20-14(17)13-4-2-3-9-16(13)21(18,19)12-7-5-11(10-15)6-8-12/h5-8,13H,2-4,9H2,1H3/t13-/m1/s1. The van der Waals surface area contributed by atoms with E-state index in [1.165, 1.54) is 35.7 Å². The average Bonchev–Trinajstić information content (AvgIpc) is 2.54. The summed E-state index contributed by atoms with van der Waals surface area (Å²) in [7, 11) is -2.51. The molecule has 1 aromatic rings. The highest BCUT2D eigenvalue weighted by molar-refractivity contribution is 7.89. The molecule has 1 aliphatic rings. The molecule has 21 heavy (non-hydrogen) atoms. The van der Waals surface area contributed by atoms with Crippen LogP contribution in [-0.2, 0) is 19.6 Å². The van der Waals surface area contributed by atoms with Crippen LogP contribution in [0.5, 0.6) is 0 Å². The molecule has 1 aromatic carbocycles. The molecular formula is C14H16N2O4S. The van der Waals surface area contributed by atoms with Crippen LogP contribution in [0.4, 0.5) is 0 Å². The van der Waals surface area contributed by atoms with Crippen molar-refractivity contribution < 1.29 is 17.9 Å². The molecule has 1 saturated heterocycles. The van der Waals surface area contributed by atoms with E-state index < -0.39 is 22.0 Å². The summed E-state index contributed by atoms with van der Waals surface area (Å²) < 4.78 is 31.2. The Balaban J connectivity index is 2.35. The van der Waals surface area contributed by atoms with E-state index in [9.17, 15) is 13.2 Å². The van der Waals surface area contributed by atoms with Gasteiger partial charge >= 0.3 is 5.97 Å². The number of benzene rings is 1. The maximum atomic E-state index is 12.7. The van der Waals surface area contributed by atoms with Crippen molar-refractivity contribution in [2.24, 2.45) is 0 Å². The lowest BCUT2D eigenvalue weighted by Crippen LogP contribution is -2.48. The molecule has 0 aliphatic carbocycles. The Morgan fingerprint density at radius 1 is 1.33 bits per heavy atom. The van der Waals surface area contributed by atoms with Gasteiger partial charge in [0.15, 0.2) is 0 Å². The van der Waals surface area contributed by atoms with E-state index in [1.54, 1.807) is 0 Å². The van der Waals surface area contributed by atoms with Gasteiger partial charge in [-0.3, -0.25) is 4.79 Å². The van der Waals surface area contributed by atoms with Crippen LogP contribution in [0, 0.1) is 11.3 Å². The minimum Gasteiger partial charge on any atom is -0.468 e. The first-order valence-electron chi connectivity index (χ1n) is 6.60. The van der Waals surface area contributed by atoms with Gasteiger partial charge < -0.3 is 4.74 Å². The normalized spacial score (nSPS) is 19.7. The van der Waals surface area contributed by atoms with Crippen molar-refractivity contribution in [3.63, 3.8) is 0 Å². The maximum Gasteiger partial charge on any atom is 0.324 e. The summed E-state index contributed by atoms with van der Waals surface area (Å²) in [6.45, 7) is 0.294. The van der Waals surface area contributed by atoms with Gasteiger partial charge in [-0.25, -0.2) is 8.42 Å². The number of methoxy groups -OCH3 is 1. The van der Waals surface area contributed by atoms with Gasteiger partial charge in [-0.1, -0.05) is 0 Å². The fourth-order valence-corrected chi connectivity index (χ4v) is 4.05. The third kappa shape index (κ3) is 3.06. The summed E-state index contributed by atoms with van der Waals surface area (Å²) >= 11 is 0. The van der Waals surface area contributed by atoms with Crippen molar-refractivity contribution in [2.75, 3.05) is 13.7 Å². The number of piperidine rings is 1. The summed E-state index contributed by atoms with van der Waals surface area (Å²) in [6.07, 6.45) is 1.96. The predicted molar refractivity (Wildman–Crippen MR) is 74.7 cm³/mol. The Morgan fingerprint density at radius 2 is 2.00 bits per heavy atom. The smallest absolute Gasteiger partial charge is 0.324 e. The van der Waals surface area contributed by atoms with Gasteiger partial charge in [0.1, 0.15) is 6.04 Å². The van der Waals surface area contributed by atoms with Crippen LogP contribution in [0.2, 0.25) is 0 Å². The molecule has 0 aromatic heterocycles. The van der Waals surface area contributed by atoms with Gasteiger partial charge in [-0.15, -0.1) is 0 Å². The largest absolute Gasteiger partial charge is 0.468 e. The monoisotopic (exact) mass is 308 g/mol. The molecule has 1 heterocycles. The van der Waals surface area contributed by atoms with E-state index in [0.717, 1.165) is 6.42 Å². The number of ether oxygens (including phenoxy) is 1. The molecule has 0 spiro atoms. The van der Waals surface area contributed by atoms with Crippen LogP contribution in [0.25, 0.3) is 0 Å². The maximum absolute atomic E-state index is 12.7. The zero-order valence-corrected chi connectivity index (χ0v) is 12.5. The summed E-state index contributed by atoms with van der Waals surface area (Å²) in [4.78, 5) is 11.9. The SMILES string of the molecule is COC(=O)[C@H]1CCCCN1S(=O)(=O)c1ccc(C#N)cc1. The van der Waals surface area contributed by atoms with Gasteiger partial charge in [0.25, 0.3) is 0 Å². The van der Waals surface area contributed by atoms with Gasteiger partial charge in [-0.05, 0) is 43.5 Å². The summed E-state index contributed by atoms with van der Waals surface area (Å²) in [5.41, 5.74) is 0.386. The number of carbonyl (C=O) groups is 1. The van der Waals surface area contributed by atoms with Gasteiger partial charge in [0.2, 0.25) is 10.0 Å². The van der Waals surface area contributed by atoms with E-state index in [4.69, 9.17) is 10.00 Å². The van der Waals surface area contributed by atoms with E-state index in [0.29, 0.717) is 24.9 Å². The molecule has 2 rings (SSSR count). The highest BCUT2D eigenvalue weighted by Crippen LogP contribution is 2.26. The highest BCUT2D eigenvalue weighted by atomic mass is 32.2. The molecule has 7 heteroatoms. The average molecular weight is 308 g/mol. The predicted octanol–water partition coefficient (Wildman–Crippen LogP) is 1.27. The van der Waals surface area contributed by atoms with Crippen LogP contribution in [0.3, 0.4) is 0 Å². The fraction of sp³-hybridized carbons (Fsp3) is 0.429. The van der Waals surface area contributed by atoms with Gasteiger partial charge in [-0.2, -0.15) is 9.57 Å². The van der Waals surface area contributed by atoms with Crippen LogP contribution < -0.4 is 0 Å². The number of hydrogen-bond acceptors (Lipinski definition) is 5. The number of carbonyl (C=O) groups excluding carboxylic acids is 1. The highest BCUT2D eigenvalue weighted by Gasteiger charge is 2.38. The topological polar surface area (TPSA) is 87.5 Å². The number of nitrogens with zero attached hydrogens (tertiary/aromatic N) is 2. The third-order valence-electron chi connectivity index (χ3n) is 3.52. The van der Waals surface area contributed by atoms with Crippen molar-refractivity contribution >= 4 is 16.0 Å². The van der Waals surface area contributed by atoms with E-state index >= 15 is 0 Å². The molecular weight excluding hydrogens is 292 g/mol. The Labute approximate surface area is 124 Å². The van der Waals surface area contributed by atoms with E-state index in [2.05, 4.69) is 0 Å².